The second-order valence-corrected chi connectivity index (χ2v) is 4.56. The van der Waals surface area contributed by atoms with Crippen molar-refractivity contribution in [3.05, 3.63) is 29.6 Å². The molecule has 1 aromatic carbocycles. The summed E-state index contributed by atoms with van der Waals surface area (Å²) in [4.78, 5) is 11.0. The molecule has 0 bridgehead atoms. The molecule has 1 rings (SSSR count). The molecule has 3 nitrogen and oxygen atoms in total. The highest BCUT2D eigenvalue weighted by molar-refractivity contribution is 9.09. The van der Waals surface area contributed by atoms with Crippen molar-refractivity contribution in [1.29, 1.82) is 0 Å². The van der Waals surface area contributed by atoms with E-state index in [1.165, 1.54) is 13.2 Å². The molecule has 0 spiro atoms. The van der Waals surface area contributed by atoms with Gasteiger partial charge in [0.15, 0.2) is 11.6 Å². The van der Waals surface area contributed by atoms with Gasteiger partial charge in [-0.2, -0.15) is 0 Å². The summed E-state index contributed by atoms with van der Waals surface area (Å²) in [5.74, 6) is -0.617. The number of unbranched alkanes of at least 4 members (excludes halogenated alkanes) is 1. The minimum atomic E-state index is -0.449. The third kappa shape index (κ3) is 5.04. The monoisotopic (exact) mass is 318 g/mol. The van der Waals surface area contributed by atoms with E-state index in [9.17, 15) is 9.18 Å². The molecule has 0 aromatic heterocycles. The molecular formula is C13H16BrFO3. The summed E-state index contributed by atoms with van der Waals surface area (Å²) >= 11 is 3.32. The van der Waals surface area contributed by atoms with Gasteiger partial charge in [0.2, 0.25) is 0 Å². The van der Waals surface area contributed by atoms with Crippen LogP contribution in [0.2, 0.25) is 0 Å². The molecule has 0 atom stereocenters. The van der Waals surface area contributed by atoms with Crippen molar-refractivity contribution in [2.75, 3.05) is 19.0 Å². The lowest BCUT2D eigenvalue weighted by Crippen LogP contribution is -2.05. The van der Waals surface area contributed by atoms with E-state index < -0.39 is 5.82 Å². The van der Waals surface area contributed by atoms with E-state index in [0.29, 0.717) is 12.2 Å². The van der Waals surface area contributed by atoms with E-state index in [-0.39, 0.29) is 18.1 Å². The number of ether oxygens (including phenoxy) is 2. The molecule has 100 valence electrons. The average molecular weight is 319 g/mol. The molecule has 0 radical (unpaired) electrons. The molecular weight excluding hydrogens is 303 g/mol. The van der Waals surface area contributed by atoms with Gasteiger partial charge < -0.3 is 9.47 Å². The third-order valence-corrected chi connectivity index (χ3v) is 2.92. The topological polar surface area (TPSA) is 35.5 Å². The number of benzene rings is 1. The molecule has 0 aliphatic carbocycles. The second-order valence-electron chi connectivity index (χ2n) is 3.76. The first-order valence-electron chi connectivity index (χ1n) is 5.71. The summed E-state index contributed by atoms with van der Waals surface area (Å²) in [7, 11) is 1.31. The average Bonchev–Trinajstić information content (AvgIpc) is 2.36. The summed E-state index contributed by atoms with van der Waals surface area (Å²) in [5.41, 5.74) is 0.576. The summed E-state index contributed by atoms with van der Waals surface area (Å²) in [6.45, 7) is 0.485. The van der Waals surface area contributed by atoms with Gasteiger partial charge in [0.05, 0.1) is 20.1 Å². The lowest BCUT2D eigenvalue weighted by Gasteiger charge is -2.08. The van der Waals surface area contributed by atoms with Crippen LogP contribution < -0.4 is 4.74 Å². The largest absolute Gasteiger partial charge is 0.491 e. The van der Waals surface area contributed by atoms with Gasteiger partial charge in [-0.1, -0.05) is 22.0 Å². The Morgan fingerprint density at radius 2 is 2.17 bits per heavy atom. The zero-order valence-electron chi connectivity index (χ0n) is 10.2. The number of methoxy groups -OCH3 is 1. The van der Waals surface area contributed by atoms with E-state index in [2.05, 4.69) is 20.7 Å². The minimum absolute atomic E-state index is 0.0668. The predicted octanol–water partition coefficient (Wildman–Crippen LogP) is 3.10. The van der Waals surface area contributed by atoms with Crippen molar-refractivity contribution >= 4 is 21.9 Å². The molecule has 0 unspecified atom stereocenters. The van der Waals surface area contributed by atoms with E-state index in [0.717, 1.165) is 18.2 Å². The van der Waals surface area contributed by atoms with Gasteiger partial charge in [-0.3, -0.25) is 4.79 Å². The van der Waals surface area contributed by atoms with Crippen molar-refractivity contribution in [2.45, 2.75) is 19.3 Å². The van der Waals surface area contributed by atoms with Crippen LogP contribution in [0.15, 0.2) is 18.2 Å². The van der Waals surface area contributed by atoms with Gasteiger partial charge in [-0.15, -0.1) is 0 Å². The van der Waals surface area contributed by atoms with Crippen LogP contribution in [-0.4, -0.2) is 25.0 Å². The standard InChI is InChI=1S/C13H16BrFO3/c1-17-13(16)9-10-4-5-12(11(15)8-10)18-7-3-2-6-14/h4-5,8H,2-3,6-7,9H2,1H3. The number of rotatable bonds is 7. The molecule has 0 saturated carbocycles. The Morgan fingerprint density at radius 3 is 2.78 bits per heavy atom. The molecule has 0 N–H and O–H groups in total. The van der Waals surface area contributed by atoms with Crippen molar-refractivity contribution < 1.29 is 18.7 Å². The Bertz CT molecular complexity index is 396. The second kappa shape index (κ2) is 8.08. The fourth-order valence-corrected chi connectivity index (χ4v) is 1.79. The highest BCUT2D eigenvalue weighted by atomic mass is 79.9. The maximum absolute atomic E-state index is 13.6. The Balaban J connectivity index is 2.54. The van der Waals surface area contributed by atoms with Gasteiger partial charge >= 0.3 is 5.97 Å². The summed E-state index contributed by atoms with van der Waals surface area (Å²) in [6, 6.07) is 4.51. The minimum Gasteiger partial charge on any atom is -0.491 e. The number of hydrogen-bond acceptors (Lipinski definition) is 3. The lowest BCUT2D eigenvalue weighted by atomic mass is 10.1. The number of carbonyl (C=O) groups excluding carboxylic acids is 1. The first kappa shape index (κ1) is 15.0. The van der Waals surface area contributed by atoms with Gasteiger partial charge in [0, 0.05) is 5.33 Å². The normalized spacial score (nSPS) is 10.2. The van der Waals surface area contributed by atoms with Gasteiger partial charge in [0.1, 0.15) is 0 Å². The molecule has 0 amide bonds. The molecule has 18 heavy (non-hydrogen) atoms. The number of alkyl halides is 1. The number of halogens is 2. The molecule has 0 fully saturated rings. The highest BCUT2D eigenvalue weighted by Gasteiger charge is 2.08. The highest BCUT2D eigenvalue weighted by Crippen LogP contribution is 2.19. The zero-order chi connectivity index (χ0) is 13.4. The number of hydrogen-bond donors (Lipinski definition) is 0. The Labute approximate surface area is 114 Å². The first-order chi connectivity index (χ1) is 8.67. The smallest absolute Gasteiger partial charge is 0.309 e. The Kier molecular flexibility index (Phi) is 6.72. The van der Waals surface area contributed by atoms with Crippen molar-refractivity contribution in [3.8, 4) is 5.75 Å². The van der Waals surface area contributed by atoms with Crippen molar-refractivity contribution in [2.24, 2.45) is 0 Å². The van der Waals surface area contributed by atoms with E-state index in [1.54, 1.807) is 12.1 Å². The van der Waals surface area contributed by atoms with Crippen LogP contribution >= 0.6 is 15.9 Å². The fourth-order valence-electron chi connectivity index (χ4n) is 1.39. The SMILES string of the molecule is COC(=O)Cc1ccc(OCCCCBr)c(F)c1. The Morgan fingerprint density at radius 1 is 1.39 bits per heavy atom. The molecule has 1 aromatic rings. The van der Waals surface area contributed by atoms with E-state index >= 15 is 0 Å². The summed E-state index contributed by atoms with van der Waals surface area (Å²) < 4.78 is 23.5. The number of esters is 1. The van der Waals surface area contributed by atoms with Gasteiger partial charge in [-0.05, 0) is 30.5 Å². The van der Waals surface area contributed by atoms with Crippen LogP contribution in [0.25, 0.3) is 0 Å². The molecule has 5 heteroatoms. The van der Waals surface area contributed by atoms with Gasteiger partial charge in [0.25, 0.3) is 0 Å². The Hall–Kier alpha value is -1.10. The van der Waals surface area contributed by atoms with Crippen LogP contribution in [0.4, 0.5) is 4.39 Å². The van der Waals surface area contributed by atoms with Crippen LogP contribution in [0, 0.1) is 5.82 Å². The van der Waals surface area contributed by atoms with Crippen molar-refractivity contribution in [3.63, 3.8) is 0 Å². The van der Waals surface area contributed by atoms with E-state index in [1.807, 2.05) is 0 Å². The molecule has 0 heterocycles. The third-order valence-electron chi connectivity index (χ3n) is 2.36. The molecule has 0 aliphatic heterocycles. The predicted molar refractivity (Wildman–Crippen MR) is 70.6 cm³/mol. The summed E-state index contributed by atoms with van der Waals surface area (Å²) in [5, 5.41) is 0.914. The van der Waals surface area contributed by atoms with Crippen LogP contribution in [0.3, 0.4) is 0 Å². The number of carbonyl (C=O) groups is 1. The van der Waals surface area contributed by atoms with E-state index in [4.69, 9.17) is 4.74 Å². The zero-order valence-corrected chi connectivity index (χ0v) is 11.8. The van der Waals surface area contributed by atoms with Crippen LogP contribution in [-0.2, 0) is 16.0 Å². The first-order valence-corrected chi connectivity index (χ1v) is 6.83. The van der Waals surface area contributed by atoms with Gasteiger partial charge in [-0.25, -0.2) is 4.39 Å². The van der Waals surface area contributed by atoms with Crippen LogP contribution in [0.1, 0.15) is 18.4 Å². The molecule has 0 saturated heterocycles. The van der Waals surface area contributed by atoms with Crippen LogP contribution in [0.5, 0.6) is 5.75 Å². The fraction of sp³-hybridized carbons (Fsp3) is 0.462. The maximum Gasteiger partial charge on any atom is 0.309 e. The quantitative estimate of drug-likeness (QED) is 0.440. The summed E-state index contributed by atoms with van der Waals surface area (Å²) in [6.07, 6.45) is 1.92. The van der Waals surface area contributed by atoms with Crippen molar-refractivity contribution in [1.82, 2.24) is 0 Å². The lowest BCUT2D eigenvalue weighted by molar-refractivity contribution is -0.139. The molecule has 0 aliphatic rings. The maximum atomic E-state index is 13.6.